The van der Waals surface area contributed by atoms with Gasteiger partial charge in [-0.3, -0.25) is 10.1 Å². The van der Waals surface area contributed by atoms with Crippen molar-refractivity contribution in [2.75, 3.05) is 6.61 Å². The van der Waals surface area contributed by atoms with Crippen LogP contribution in [0.3, 0.4) is 0 Å². The number of H-pyrrole nitrogens is 1. The molecule has 0 atom stereocenters. The third-order valence-corrected chi connectivity index (χ3v) is 3.37. The fourth-order valence-electron chi connectivity index (χ4n) is 2.24. The van der Waals surface area contributed by atoms with Gasteiger partial charge in [-0.25, -0.2) is 4.79 Å². The highest BCUT2D eigenvalue weighted by atomic mass is 16.5. The van der Waals surface area contributed by atoms with Gasteiger partial charge >= 0.3 is 5.97 Å². The van der Waals surface area contributed by atoms with Gasteiger partial charge in [-0.2, -0.15) is 5.10 Å². The molecule has 0 saturated heterocycles. The summed E-state index contributed by atoms with van der Waals surface area (Å²) in [6, 6.07) is 12.6. The van der Waals surface area contributed by atoms with Crippen LogP contribution in [0.25, 0.3) is 11.3 Å². The van der Waals surface area contributed by atoms with E-state index >= 15 is 0 Å². The monoisotopic (exact) mass is 323 g/mol. The van der Waals surface area contributed by atoms with Crippen LogP contribution < -0.4 is 4.74 Å². The van der Waals surface area contributed by atoms with E-state index < -0.39 is 5.97 Å². The lowest BCUT2D eigenvalue weighted by Crippen LogP contribution is -2.08. The number of aromatic nitrogens is 3. The van der Waals surface area contributed by atoms with Crippen LogP contribution in [0.4, 0.5) is 0 Å². The fourth-order valence-corrected chi connectivity index (χ4v) is 2.24. The Kier molecular flexibility index (Phi) is 4.86. The number of hydrogen-bond acceptors (Lipinski definition) is 5. The molecule has 0 amide bonds. The van der Waals surface area contributed by atoms with Gasteiger partial charge in [0.2, 0.25) is 0 Å². The Labute approximate surface area is 139 Å². The molecule has 3 rings (SSSR count). The van der Waals surface area contributed by atoms with E-state index in [1.54, 1.807) is 30.6 Å². The minimum absolute atomic E-state index is 0.109. The molecule has 0 radical (unpaired) electrons. The second kappa shape index (κ2) is 7.41. The smallest absolute Gasteiger partial charge is 0.342 e. The number of ether oxygens (including phenoxy) is 2. The number of esters is 1. The van der Waals surface area contributed by atoms with Crippen molar-refractivity contribution in [2.24, 2.45) is 0 Å². The van der Waals surface area contributed by atoms with Crippen LogP contribution in [0, 0.1) is 0 Å². The second-order valence-corrected chi connectivity index (χ2v) is 5.02. The van der Waals surface area contributed by atoms with Crippen LogP contribution in [0.2, 0.25) is 0 Å². The van der Waals surface area contributed by atoms with E-state index in [-0.39, 0.29) is 6.61 Å². The summed E-state index contributed by atoms with van der Waals surface area (Å²) in [6.07, 6.45) is 3.41. The summed E-state index contributed by atoms with van der Waals surface area (Å²) in [4.78, 5) is 16.2. The Bertz CT molecular complexity index is 815. The van der Waals surface area contributed by atoms with Crippen LogP contribution in [0.15, 0.2) is 54.9 Å². The first-order valence-electron chi connectivity index (χ1n) is 7.61. The lowest BCUT2D eigenvalue weighted by Gasteiger charge is -2.09. The highest BCUT2D eigenvalue weighted by molar-refractivity contribution is 5.92. The Balaban J connectivity index is 1.66. The average molecular weight is 323 g/mol. The molecule has 0 unspecified atom stereocenters. The van der Waals surface area contributed by atoms with Gasteiger partial charge in [0, 0.05) is 18.0 Å². The zero-order valence-corrected chi connectivity index (χ0v) is 13.2. The predicted molar refractivity (Wildman–Crippen MR) is 88.5 cm³/mol. The molecule has 2 heterocycles. The van der Waals surface area contributed by atoms with Gasteiger partial charge in [0.15, 0.2) is 0 Å². The quantitative estimate of drug-likeness (QED) is 0.705. The van der Waals surface area contributed by atoms with E-state index in [1.165, 1.54) is 0 Å². The number of para-hydroxylation sites is 1. The zero-order valence-electron chi connectivity index (χ0n) is 13.2. The Morgan fingerprint density at radius 2 is 1.96 bits per heavy atom. The number of hydrogen-bond donors (Lipinski definition) is 1. The molecule has 2 aromatic heterocycles. The third-order valence-electron chi connectivity index (χ3n) is 3.37. The van der Waals surface area contributed by atoms with Gasteiger partial charge < -0.3 is 9.47 Å². The Hall–Kier alpha value is -3.15. The summed E-state index contributed by atoms with van der Waals surface area (Å²) >= 11 is 0. The minimum Gasteiger partial charge on any atom is -0.493 e. The van der Waals surface area contributed by atoms with Crippen molar-refractivity contribution in [1.82, 2.24) is 15.2 Å². The zero-order chi connectivity index (χ0) is 16.8. The van der Waals surface area contributed by atoms with Crippen molar-refractivity contribution >= 4 is 5.97 Å². The van der Waals surface area contributed by atoms with Crippen LogP contribution >= 0.6 is 0 Å². The van der Waals surface area contributed by atoms with Crippen molar-refractivity contribution in [3.05, 3.63) is 66.1 Å². The fraction of sp³-hybridized carbons (Fsp3) is 0.167. The summed E-state index contributed by atoms with van der Waals surface area (Å²) in [7, 11) is 0. The molecule has 0 saturated carbocycles. The molecular weight excluding hydrogens is 306 g/mol. The molecule has 0 spiro atoms. The van der Waals surface area contributed by atoms with E-state index in [0.29, 0.717) is 23.6 Å². The number of carbonyl (C=O) groups is 1. The van der Waals surface area contributed by atoms with E-state index in [4.69, 9.17) is 9.47 Å². The van der Waals surface area contributed by atoms with Gasteiger partial charge in [0.05, 0.1) is 18.0 Å². The van der Waals surface area contributed by atoms with E-state index in [2.05, 4.69) is 15.2 Å². The first-order chi connectivity index (χ1) is 11.8. The number of aromatic amines is 1. The van der Waals surface area contributed by atoms with Crippen LogP contribution in [-0.4, -0.2) is 27.8 Å². The van der Waals surface area contributed by atoms with Gasteiger partial charge in [0.1, 0.15) is 17.9 Å². The molecule has 6 nitrogen and oxygen atoms in total. The summed E-state index contributed by atoms with van der Waals surface area (Å²) in [5, 5.41) is 7.09. The van der Waals surface area contributed by atoms with Crippen LogP contribution in [-0.2, 0) is 11.3 Å². The average Bonchev–Trinajstić information content (AvgIpc) is 3.10. The Morgan fingerprint density at radius 3 is 2.75 bits per heavy atom. The van der Waals surface area contributed by atoms with Gasteiger partial charge in [0.25, 0.3) is 0 Å². The molecule has 1 N–H and O–H groups in total. The standard InChI is InChI=1S/C18H17N3O3/c1-2-23-17-6-4-3-5-15(17)18(22)24-12-14-11-16(21-20-14)13-7-9-19-10-8-13/h3-11H,2,12H2,1H3,(H,20,21). The first-order valence-corrected chi connectivity index (χ1v) is 7.61. The lowest BCUT2D eigenvalue weighted by molar-refractivity contribution is 0.0463. The first kappa shape index (κ1) is 15.7. The number of nitrogens with zero attached hydrogens (tertiary/aromatic N) is 2. The molecule has 24 heavy (non-hydrogen) atoms. The molecule has 0 bridgehead atoms. The topological polar surface area (TPSA) is 77.1 Å². The highest BCUT2D eigenvalue weighted by Crippen LogP contribution is 2.20. The van der Waals surface area contributed by atoms with Crippen molar-refractivity contribution in [3.63, 3.8) is 0 Å². The van der Waals surface area contributed by atoms with E-state index in [1.807, 2.05) is 31.2 Å². The van der Waals surface area contributed by atoms with Gasteiger partial charge in [-0.1, -0.05) is 12.1 Å². The Morgan fingerprint density at radius 1 is 1.17 bits per heavy atom. The molecule has 6 heteroatoms. The molecule has 122 valence electrons. The molecule has 1 aromatic carbocycles. The summed E-state index contributed by atoms with van der Waals surface area (Å²) in [6.45, 7) is 2.46. The molecule has 0 aliphatic rings. The number of pyridine rings is 1. The number of benzene rings is 1. The normalized spacial score (nSPS) is 10.4. The van der Waals surface area contributed by atoms with Gasteiger partial charge in [-0.05, 0) is 37.3 Å². The number of carbonyl (C=O) groups excluding carboxylic acids is 1. The lowest BCUT2D eigenvalue weighted by atomic mass is 10.2. The SMILES string of the molecule is CCOc1ccccc1C(=O)OCc1cc(-c2ccncc2)n[nH]1. The van der Waals surface area contributed by atoms with Crippen molar-refractivity contribution < 1.29 is 14.3 Å². The summed E-state index contributed by atoms with van der Waals surface area (Å²) in [5.41, 5.74) is 2.84. The highest BCUT2D eigenvalue weighted by Gasteiger charge is 2.14. The predicted octanol–water partition coefficient (Wildman–Crippen LogP) is 3.23. The molecular formula is C18H17N3O3. The number of nitrogens with one attached hydrogen (secondary N) is 1. The molecule has 0 fully saturated rings. The maximum Gasteiger partial charge on any atom is 0.342 e. The van der Waals surface area contributed by atoms with Crippen LogP contribution in [0.5, 0.6) is 5.75 Å². The maximum absolute atomic E-state index is 12.2. The van der Waals surface area contributed by atoms with Crippen molar-refractivity contribution in [3.8, 4) is 17.0 Å². The summed E-state index contributed by atoms with van der Waals surface area (Å²) < 4.78 is 10.8. The minimum atomic E-state index is -0.431. The maximum atomic E-state index is 12.2. The largest absolute Gasteiger partial charge is 0.493 e. The van der Waals surface area contributed by atoms with Crippen molar-refractivity contribution in [2.45, 2.75) is 13.5 Å². The van der Waals surface area contributed by atoms with Crippen LogP contribution in [0.1, 0.15) is 23.0 Å². The molecule has 0 aliphatic carbocycles. The summed E-state index contributed by atoms with van der Waals surface area (Å²) in [5.74, 6) is 0.0891. The van der Waals surface area contributed by atoms with Gasteiger partial charge in [-0.15, -0.1) is 0 Å². The van der Waals surface area contributed by atoms with E-state index in [0.717, 1.165) is 11.3 Å². The molecule has 0 aliphatic heterocycles. The van der Waals surface area contributed by atoms with Crippen molar-refractivity contribution in [1.29, 1.82) is 0 Å². The number of rotatable bonds is 6. The molecule has 3 aromatic rings. The third kappa shape index (κ3) is 3.60. The van der Waals surface area contributed by atoms with E-state index in [9.17, 15) is 4.79 Å². The second-order valence-electron chi connectivity index (χ2n) is 5.02.